The Balaban J connectivity index is 1.60. The van der Waals surface area contributed by atoms with Gasteiger partial charge < -0.3 is 15.0 Å². The summed E-state index contributed by atoms with van der Waals surface area (Å²) >= 11 is 0. The Bertz CT molecular complexity index is 735. The van der Waals surface area contributed by atoms with Gasteiger partial charge in [0.15, 0.2) is 0 Å². The lowest BCUT2D eigenvalue weighted by molar-refractivity contribution is -0.136. The molecule has 0 radical (unpaired) electrons. The first-order valence-corrected chi connectivity index (χ1v) is 9.13. The van der Waals surface area contributed by atoms with Gasteiger partial charge in [-0.2, -0.15) is 0 Å². The average molecular weight is 373 g/mol. The monoisotopic (exact) mass is 373 g/mol. The molecular formula is C19H23N3O5. The van der Waals surface area contributed by atoms with Crippen molar-refractivity contribution in [2.45, 2.75) is 38.8 Å². The Hall–Kier alpha value is -2.90. The first kappa shape index (κ1) is 18.9. The molecule has 27 heavy (non-hydrogen) atoms. The van der Waals surface area contributed by atoms with Crippen LogP contribution in [0, 0.1) is 0 Å². The fraction of sp³-hybridized carbons (Fsp3) is 0.474. The highest BCUT2D eigenvalue weighted by Gasteiger charge is 2.42. The summed E-state index contributed by atoms with van der Waals surface area (Å²) in [5.41, 5.74) is 0.666. The lowest BCUT2D eigenvalue weighted by Gasteiger charge is -2.35. The standard InChI is InChI=1S/C19H23N3O5/c1-3-27-19(26)20-13-8-10-21(11-9-13)16(23)12(2)22-17(24)14-6-4-5-7-15(14)18(22)25/h4-7,12-13H,3,8-11H2,1-2H3,(H,20,26). The van der Waals surface area contributed by atoms with Gasteiger partial charge in [0.1, 0.15) is 6.04 Å². The minimum Gasteiger partial charge on any atom is -0.450 e. The van der Waals surface area contributed by atoms with Gasteiger partial charge in [0.05, 0.1) is 17.7 Å². The van der Waals surface area contributed by atoms with Crippen LogP contribution in [0.15, 0.2) is 24.3 Å². The molecule has 2 aliphatic heterocycles. The molecule has 1 aromatic carbocycles. The highest BCUT2D eigenvalue weighted by atomic mass is 16.5. The zero-order valence-electron chi connectivity index (χ0n) is 15.4. The van der Waals surface area contributed by atoms with Gasteiger partial charge in [-0.15, -0.1) is 0 Å². The molecule has 1 unspecified atom stereocenters. The molecule has 2 aliphatic rings. The van der Waals surface area contributed by atoms with Gasteiger partial charge in [0, 0.05) is 19.1 Å². The molecule has 0 aromatic heterocycles. The number of likely N-dealkylation sites (tertiary alicyclic amines) is 1. The van der Waals surface area contributed by atoms with Crippen molar-refractivity contribution in [2.24, 2.45) is 0 Å². The Morgan fingerprint density at radius 1 is 1.15 bits per heavy atom. The Kier molecular flexibility index (Phi) is 5.43. The Labute approximate surface area is 157 Å². The van der Waals surface area contributed by atoms with E-state index in [2.05, 4.69) is 5.32 Å². The number of alkyl carbamates (subject to hydrolysis) is 1. The van der Waals surface area contributed by atoms with Crippen LogP contribution in [0.3, 0.4) is 0 Å². The van der Waals surface area contributed by atoms with Crippen molar-refractivity contribution in [3.8, 4) is 0 Å². The molecule has 0 bridgehead atoms. The van der Waals surface area contributed by atoms with E-state index in [0.717, 1.165) is 4.90 Å². The van der Waals surface area contributed by atoms with Crippen LogP contribution in [0.5, 0.6) is 0 Å². The molecule has 1 N–H and O–H groups in total. The van der Waals surface area contributed by atoms with E-state index in [4.69, 9.17) is 4.74 Å². The summed E-state index contributed by atoms with van der Waals surface area (Å²) in [7, 11) is 0. The molecule has 1 atom stereocenters. The predicted molar refractivity (Wildman–Crippen MR) is 96.2 cm³/mol. The van der Waals surface area contributed by atoms with Crippen LogP contribution >= 0.6 is 0 Å². The smallest absolute Gasteiger partial charge is 0.407 e. The van der Waals surface area contributed by atoms with Crippen molar-refractivity contribution < 1.29 is 23.9 Å². The first-order chi connectivity index (χ1) is 12.9. The molecule has 2 heterocycles. The number of fused-ring (bicyclic) bond motifs is 1. The second kappa shape index (κ2) is 7.77. The van der Waals surface area contributed by atoms with Crippen molar-refractivity contribution in [1.82, 2.24) is 15.1 Å². The summed E-state index contributed by atoms with van der Waals surface area (Å²) in [6.07, 6.45) is 0.736. The number of ether oxygens (including phenoxy) is 1. The van der Waals surface area contributed by atoms with Crippen LogP contribution in [0.2, 0.25) is 0 Å². The Morgan fingerprint density at radius 2 is 1.70 bits per heavy atom. The van der Waals surface area contributed by atoms with Crippen LogP contribution in [-0.2, 0) is 9.53 Å². The zero-order valence-corrected chi connectivity index (χ0v) is 15.4. The number of amides is 4. The number of rotatable bonds is 4. The number of benzene rings is 1. The minimum absolute atomic E-state index is 0.0530. The van der Waals surface area contributed by atoms with E-state index in [1.54, 1.807) is 43.0 Å². The zero-order chi connectivity index (χ0) is 19.6. The fourth-order valence-electron chi connectivity index (χ4n) is 3.52. The van der Waals surface area contributed by atoms with Gasteiger partial charge in [-0.1, -0.05) is 12.1 Å². The minimum atomic E-state index is -0.869. The molecular weight excluding hydrogens is 350 g/mol. The third-order valence-electron chi connectivity index (χ3n) is 4.97. The number of carbonyl (C=O) groups is 4. The van der Waals surface area contributed by atoms with Gasteiger partial charge >= 0.3 is 6.09 Å². The van der Waals surface area contributed by atoms with Crippen molar-refractivity contribution in [3.63, 3.8) is 0 Å². The topological polar surface area (TPSA) is 96.0 Å². The highest BCUT2D eigenvalue weighted by molar-refractivity contribution is 6.22. The first-order valence-electron chi connectivity index (χ1n) is 9.13. The number of hydrogen-bond donors (Lipinski definition) is 1. The lowest BCUT2D eigenvalue weighted by Crippen LogP contribution is -2.53. The van der Waals surface area contributed by atoms with E-state index in [1.165, 1.54) is 0 Å². The van der Waals surface area contributed by atoms with Crippen LogP contribution in [0.25, 0.3) is 0 Å². The van der Waals surface area contributed by atoms with E-state index in [-0.39, 0.29) is 11.9 Å². The number of imide groups is 1. The van der Waals surface area contributed by atoms with Gasteiger partial charge in [0.2, 0.25) is 5.91 Å². The quantitative estimate of drug-likeness (QED) is 0.805. The third kappa shape index (κ3) is 3.65. The van der Waals surface area contributed by atoms with E-state index >= 15 is 0 Å². The molecule has 0 spiro atoms. The van der Waals surface area contributed by atoms with Gasteiger partial charge in [0.25, 0.3) is 11.8 Å². The molecule has 0 saturated carbocycles. The Morgan fingerprint density at radius 3 is 2.22 bits per heavy atom. The molecule has 8 heteroatoms. The third-order valence-corrected chi connectivity index (χ3v) is 4.97. The number of carbonyl (C=O) groups excluding carboxylic acids is 4. The van der Waals surface area contributed by atoms with E-state index in [1.807, 2.05) is 0 Å². The molecule has 4 amide bonds. The van der Waals surface area contributed by atoms with Crippen LogP contribution in [-0.4, -0.2) is 65.4 Å². The number of nitrogens with zero attached hydrogens (tertiary/aromatic N) is 2. The molecule has 8 nitrogen and oxygen atoms in total. The molecule has 3 rings (SSSR count). The molecule has 1 fully saturated rings. The maximum absolute atomic E-state index is 12.8. The van der Waals surface area contributed by atoms with Crippen LogP contribution < -0.4 is 5.32 Å². The molecule has 1 aromatic rings. The predicted octanol–water partition coefficient (Wildman–Crippen LogP) is 1.41. The summed E-state index contributed by atoms with van der Waals surface area (Å²) in [5, 5.41) is 2.77. The van der Waals surface area contributed by atoms with Gasteiger partial charge in [-0.25, -0.2) is 4.79 Å². The van der Waals surface area contributed by atoms with E-state index < -0.39 is 23.9 Å². The van der Waals surface area contributed by atoms with Crippen LogP contribution in [0.4, 0.5) is 4.79 Å². The largest absolute Gasteiger partial charge is 0.450 e. The fourth-order valence-corrected chi connectivity index (χ4v) is 3.52. The van der Waals surface area contributed by atoms with E-state index in [9.17, 15) is 19.2 Å². The maximum Gasteiger partial charge on any atom is 0.407 e. The number of piperidine rings is 1. The molecule has 144 valence electrons. The normalized spacial score (nSPS) is 18.3. The van der Waals surface area contributed by atoms with Crippen LogP contribution in [0.1, 0.15) is 47.4 Å². The summed E-state index contributed by atoms with van der Waals surface area (Å²) in [6, 6.07) is 5.66. The lowest BCUT2D eigenvalue weighted by atomic mass is 10.0. The van der Waals surface area contributed by atoms with Gasteiger partial charge in [-0.05, 0) is 38.8 Å². The number of hydrogen-bond acceptors (Lipinski definition) is 5. The maximum atomic E-state index is 12.8. The second-order valence-electron chi connectivity index (χ2n) is 6.67. The summed E-state index contributed by atoms with van der Waals surface area (Å²) in [5.74, 6) is -1.13. The van der Waals surface area contributed by atoms with Crippen molar-refractivity contribution >= 4 is 23.8 Å². The molecule has 1 saturated heterocycles. The molecule has 0 aliphatic carbocycles. The summed E-state index contributed by atoms with van der Waals surface area (Å²) < 4.78 is 4.87. The SMILES string of the molecule is CCOC(=O)NC1CCN(C(=O)C(C)N2C(=O)c3ccccc3C2=O)CC1. The second-order valence-corrected chi connectivity index (χ2v) is 6.67. The summed E-state index contributed by atoms with van der Waals surface area (Å²) in [4.78, 5) is 52.1. The van der Waals surface area contributed by atoms with Crippen molar-refractivity contribution in [3.05, 3.63) is 35.4 Å². The highest BCUT2D eigenvalue weighted by Crippen LogP contribution is 2.25. The average Bonchev–Trinajstić information content (AvgIpc) is 2.92. The number of nitrogens with one attached hydrogen (secondary N) is 1. The van der Waals surface area contributed by atoms with Gasteiger partial charge in [-0.3, -0.25) is 19.3 Å². The van der Waals surface area contributed by atoms with E-state index in [0.29, 0.717) is 43.7 Å². The van der Waals surface area contributed by atoms with Crippen molar-refractivity contribution in [2.75, 3.05) is 19.7 Å². The summed E-state index contributed by atoms with van der Waals surface area (Å²) in [6.45, 7) is 4.52. The van der Waals surface area contributed by atoms with Crippen molar-refractivity contribution in [1.29, 1.82) is 0 Å².